The van der Waals surface area contributed by atoms with Gasteiger partial charge in [-0.05, 0) is 49.2 Å². The Morgan fingerprint density at radius 1 is 1.50 bits per heavy atom. The quantitative estimate of drug-likeness (QED) is 0.763. The van der Waals surface area contributed by atoms with Crippen molar-refractivity contribution in [1.29, 1.82) is 0 Å². The summed E-state index contributed by atoms with van der Waals surface area (Å²) < 4.78 is 5.78. The number of ether oxygens (including phenoxy) is 1. The number of hydrogen-bond donors (Lipinski definition) is 1. The van der Waals surface area contributed by atoms with Crippen molar-refractivity contribution in [2.24, 2.45) is 0 Å². The summed E-state index contributed by atoms with van der Waals surface area (Å²) in [6, 6.07) is 2.81. The van der Waals surface area contributed by atoms with Gasteiger partial charge in [-0.25, -0.2) is 0 Å². The van der Waals surface area contributed by atoms with Gasteiger partial charge in [-0.1, -0.05) is 13.8 Å². The normalized spacial score (nSPS) is 20.7. The zero-order chi connectivity index (χ0) is 12.8. The van der Waals surface area contributed by atoms with Crippen LogP contribution in [0.3, 0.4) is 0 Å². The van der Waals surface area contributed by atoms with Gasteiger partial charge >= 0.3 is 0 Å². The van der Waals surface area contributed by atoms with Gasteiger partial charge in [0, 0.05) is 23.4 Å². The highest BCUT2D eigenvalue weighted by atomic mass is 32.1. The van der Waals surface area contributed by atoms with Crippen LogP contribution >= 0.6 is 11.3 Å². The lowest BCUT2D eigenvalue weighted by Gasteiger charge is -2.31. The Hall–Kier alpha value is -0.380. The molecule has 0 aromatic carbocycles. The van der Waals surface area contributed by atoms with Crippen LogP contribution in [0.1, 0.15) is 49.5 Å². The van der Waals surface area contributed by atoms with E-state index in [1.165, 1.54) is 19.3 Å². The second kappa shape index (κ2) is 7.27. The largest absolute Gasteiger partial charge is 0.380 e. The molecule has 0 saturated carbocycles. The van der Waals surface area contributed by atoms with E-state index in [4.69, 9.17) is 4.74 Å². The van der Waals surface area contributed by atoms with Crippen LogP contribution in [0.4, 0.5) is 0 Å². The lowest BCUT2D eigenvalue weighted by molar-refractivity contribution is 0.102. The molecule has 18 heavy (non-hydrogen) atoms. The first-order valence-corrected chi connectivity index (χ1v) is 8.12. The van der Waals surface area contributed by atoms with E-state index in [0.717, 1.165) is 26.2 Å². The first kappa shape index (κ1) is 14.0. The van der Waals surface area contributed by atoms with E-state index in [2.05, 4.69) is 30.6 Å². The molecular weight excluding hydrogens is 242 g/mol. The molecule has 0 bridgehead atoms. The van der Waals surface area contributed by atoms with E-state index >= 15 is 0 Å². The van der Waals surface area contributed by atoms with Crippen LogP contribution in [0.5, 0.6) is 0 Å². The fourth-order valence-corrected chi connectivity index (χ4v) is 3.87. The predicted molar refractivity (Wildman–Crippen MR) is 78.6 cm³/mol. The molecule has 1 aromatic rings. The van der Waals surface area contributed by atoms with Crippen LogP contribution in [0.25, 0.3) is 0 Å². The molecule has 2 rings (SSSR count). The van der Waals surface area contributed by atoms with Crippen molar-refractivity contribution in [3.05, 3.63) is 21.9 Å². The van der Waals surface area contributed by atoms with Crippen LogP contribution in [0, 0.1) is 0 Å². The second-order valence-corrected chi connectivity index (χ2v) is 6.04. The van der Waals surface area contributed by atoms with Crippen LogP contribution in [0.2, 0.25) is 0 Å². The summed E-state index contributed by atoms with van der Waals surface area (Å²) in [7, 11) is 0. The fourth-order valence-electron chi connectivity index (χ4n) is 2.87. The molecule has 2 unspecified atom stereocenters. The number of hydrogen-bond acceptors (Lipinski definition) is 3. The molecule has 1 heterocycles. The second-order valence-electron chi connectivity index (χ2n) is 5.04. The van der Waals surface area contributed by atoms with Crippen molar-refractivity contribution in [1.82, 2.24) is 5.32 Å². The average molecular weight is 267 g/mol. The Bertz CT molecular complexity index is 350. The van der Waals surface area contributed by atoms with Crippen LogP contribution < -0.4 is 5.32 Å². The van der Waals surface area contributed by atoms with Gasteiger partial charge in [-0.15, -0.1) is 11.3 Å². The van der Waals surface area contributed by atoms with Crippen molar-refractivity contribution >= 4 is 11.3 Å². The molecule has 3 heteroatoms. The van der Waals surface area contributed by atoms with E-state index in [0.29, 0.717) is 12.0 Å². The van der Waals surface area contributed by atoms with Gasteiger partial charge in [0.05, 0.1) is 6.61 Å². The number of aryl methyl sites for hydroxylation is 1. The minimum absolute atomic E-state index is 0.482. The summed E-state index contributed by atoms with van der Waals surface area (Å²) >= 11 is 1.92. The minimum Gasteiger partial charge on any atom is -0.380 e. The first-order valence-electron chi connectivity index (χ1n) is 7.24. The third-order valence-corrected chi connectivity index (χ3v) is 4.69. The third kappa shape index (κ3) is 3.34. The highest BCUT2D eigenvalue weighted by molar-refractivity contribution is 7.10. The molecule has 1 aromatic heterocycles. The van der Waals surface area contributed by atoms with Crippen LogP contribution in [-0.2, 0) is 11.2 Å². The van der Waals surface area contributed by atoms with Gasteiger partial charge in [-0.2, -0.15) is 0 Å². The fraction of sp³-hybridized carbons (Fsp3) is 0.733. The van der Waals surface area contributed by atoms with Gasteiger partial charge in [-0.3, -0.25) is 0 Å². The molecule has 1 N–H and O–H groups in total. The maximum atomic E-state index is 5.78. The molecule has 1 aliphatic rings. The van der Waals surface area contributed by atoms with Gasteiger partial charge in [0.2, 0.25) is 0 Å². The maximum absolute atomic E-state index is 5.78. The number of fused-ring (bicyclic) bond motifs is 1. The molecule has 0 spiro atoms. The summed E-state index contributed by atoms with van der Waals surface area (Å²) in [5.74, 6) is 0.650. The van der Waals surface area contributed by atoms with E-state index in [-0.39, 0.29) is 0 Å². The third-order valence-electron chi connectivity index (χ3n) is 3.70. The number of thiophene rings is 1. The monoisotopic (exact) mass is 267 g/mol. The molecule has 2 atom stereocenters. The number of rotatable bonds is 7. The summed E-state index contributed by atoms with van der Waals surface area (Å²) in [6.45, 7) is 7.10. The number of nitrogens with one attached hydrogen (secondary N) is 1. The molecule has 2 nitrogen and oxygen atoms in total. The molecular formula is C15H25NOS. The Morgan fingerprint density at radius 2 is 2.39 bits per heavy atom. The van der Waals surface area contributed by atoms with E-state index < -0.39 is 0 Å². The Balaban J connectivity index is 2.02. The van der Waals surface area contributed by atoms with Crippen molar-refractivity contribution in [3.8, 4) is 0 Å². The summed E-state index contributed by atoms with van der Waals surface area (Å²) in [4.78, 5) is 1.60. The molecule has 0 radical (unpaired) electrons. The standard InChI is InChI=1S/C15H25NOS/c1-3-9-17-11-14(16-4-2)12-6-5-7-15-13(12)8-10-18-15/h8,10,12,14,16H,3-7,9,11H2,1-2H3. The summed E-state index contributed by atoms with van der Waals surface area (Å²) in [5, 5.41) is 5.87. The molecule has 0 aliphatic heterocycles. The van der Waals surface area contributed by atoms with Crippen molar-refractivity contribution in [3.63, 3.8) is 0 Å². The summed E-state index contributed by atoms with van der Waals surface area (Å²) in [5.41, 5.74) is 1.58. The van der Waals surface area contributed by atoms with Crippen LogP contribution in [0.15, 0.2) is 11.4 Å². The smallest absolute Gasteiger partial charge is 0.0625 e. The SMILES string of the molecule is CCCOCC(NCC)C1CCCc2sccc21. The Labute approximate surface area is 115 Å². The van der Waals surface area contributed by atoms with Gasteiger partial charge in [0.1, 0.15) is 0 Å². The molecule has 0 fully saturated rings. The van der Waals surface area contributed by atoms with Gasteiger partial charge in [0.15, 0.2) is 0 Å². The topological polar surface area (TPSA) is 21.3 Å². The first-order chi connectivity index (χ1) is 8.86. The highest BCUT2D eigenvalue weighted by Crippen LogP contribution is 2.37. The molecule has 1 aliphatic carbocycles. The maximum Gasteiger partial charge on any atom is 0.0625 e. The van der Waals surface area contributed by atoms with E-state index in [1.807, 2.05) is 11.3 Å². The minimum atomic E-state index is 0.482. The van der Waals surface area contributed by atoms with Gasteiger partial charge in [0.25, 0.3) is 0 Å². The zero-order valence-electron chi connectivity index (χ0n) is 11.6. The van der Waals surface area contributed by atoms with E-state index in [1.54, 1.807) is 10.4 Å². The lowest BCUT2D eigenvalue weighted by atomic mass is 9.82. The molecule has 0 saturated heterocycles. The Morgan fingerprint density at radius 3 is 3.17 bits per heavy atom. The zero-order valence-corrected chi connectivity index (χ0v) is 12.4. The lowest BCUT2D eigenvalue weighted by Crippen LogP contribution is -2.40. The highest BCUT2D eigenvalue weighted by Gasteiger charge is 2.28. The van der Waals surface area contributed by atoms with Crippen molar-refractivity contribution in [2.45, 2.75) is 51.5 Å². The predicted octanol–water partition coefficient (Wildman–Crippen LogP) is 3.57. The van der Waals surface area contributed by atoms with Crippen molar-refractivity contribution in [2.75, 3.05) is 19.8 Å². The molecule has 0 amide bonds. The van der Waals surface area contributed by atoms with Gasteiger partial charge < -0.3 is 10.1 Å². The number of likely N-dealkylation sites (N-methyl/N-ethyl adjacent to an activating group) is 1. The Kier molecular flexibility index (Phi) is 5.67. The average Bonchev–Trinajstić information content (AvgIpc) is 2.86. The van der Waals surface area contributed by atoms with Crippen LogP contribution in [-0.4, -0.2) is 25.8 Å². The molecule has 102 valence electrons. The van der Waals surface area contributed by atoms with E-state index in [9.17, 15) is 0 Å². The summed E-state index contributed by atoms with van der Waals surface area (Å²) in [6.07, 6.45) is 5.01. The van der Waals surface area contributed by atoms with Crippen molar-refractivity contribution < 1.29 is 4.74 Å².